The van der Waals surface area contributed by atoms with E-state index in [1.807, 2.05) is 6.92 Å². The zero-order chi connectivity index (χ0) is 18.0. The number of pyridine rings is 1. The Labute approximate surface area is 150 Å². The van der Waals surface area contributed by atoms with Gasteiger partial charge in [0.25, 0.3) is 5.91 Å². The van der Waals surface area contributed by atoms with E-state index in [0.29, 0.717) is 33.5 Å². The fourth-order valence-electron chi connectivity index (χ4n) is 2.52. The van der Waals surface area contributed by atoms with Gasteiger partial charge in [-0.3, -0.25) is 14.9 Å². The Balaban J connectivity index is 1.85. The molecular formula is C18H17ClN4O2. The smallest absolute Gasteiger partial charge is 0.258 e. The number of nitrogens with one attached hydrogen (secondary N) is 2. The SMILES string of the molecule is COc1ccc(Cl)cc1-c1cc(NC(=O)c2ccc(C)nc2C)n[nH]1. The monoisotopic (exact) mass is 356 g/mol. The van der Waals surface area contributed by atoms with Crippen molar-refractivity contribution in [2.75, 3.05) is 12.4 Å². The minimum absolute atomic E-state index is 0.263. The number of H-pyrrole nitrogens is 1. The number of ether oxygens (including phenoxy) is 1. The lowest BCUT2D eigenvalue weighted by molar-refractivity contribution is 0.102. The van der Waals surface area contributed by atoms with Crippen LogP contribution in [-0.2, 0) is 0 Å². The molecule has 0 aliphatic heterocycles. The number of amides is 1. The third kappa shape index (κ3) is 3.64. The van der Waals surface area contributed by atoms with Crippen molar-refractivity contribution in [3.05, 3.63) is 58.4 Å². The van der Waals surface area contributed by atoms with Crippen LogP contribution in [0.15, 0.2) is 36.4 Å². The number of aromatic amines is 1. The highest BCUT2D eigenvalue weighted by molar-refractivity contribution is 6.31. The van der Waals surface area contributed by atoms with E-state index in [9.17, 15) is 4.79 Å². The van der Waals surface area contributed by atoms with Gasteiger partial charge in [-0.15, -0.1) is 0 Å². The van der Waals surface area contributed by atoms with Crippen LogP contribution in [0.25, 0.3) is 11.3 Å². The van der Waals surface area contributed by atoms with Crippen molar-refractivity contribution in [2.24, 2.45) is 0 Å². The van der Waals surface area contributed by atoms with Crippen LogP contribution in [0.5, 0.6) is 5.75 Å². The van der Waals surface area contributed by atoms with Gasteiger partial charge in [-0.2, -0.15) is 5.10 Å². The summed E-state index contributed by atoms with van der Waals surface area (Å²) in [6.45, 7) is 3.68. The van der Waals surface area contributed by atoms with E-state index >= 15 is 0 Å². The summed E-state index contributed by atoms with van der Waals surface area (Å²) in [6.07, 6.45) is 0. The number of anilines is 1. The van der Waals surface area contributed by atoms with Crippen molar-refractivity contribution in [2.45, 2.75) is 13.8 Å². The molecule has 1 aromatic carbocycles. The number of carbonyl (C=O) groups is 1. The summed E-state index contributed by atoms with van der Waals surface area (Å²) in [5, 5.41) is 10.4. The molecule has 2 N–H and O–H groups in total. The van der Waals surface area contributed by atoms with Gasteiger partial charge in [-0.05, 0) is 44.2 Å². The summed E-state index contributed by atoms with van der Waals surface area (Å²) in [5.41, 5.74) is 3.49. The van der Waals surface area contributed by atoms with Crippen LogP contribution >= 0.6 is 11.6 Å². The molecule has 6 nitrogen and oxygen atoms in total. The van der Waals surface area contributed by atoms with E-state index < -0.39 is 0 Å². The summed E-state index contributed by atoms with van der Waals surface area (Å²) in [7, 11) is 1.58. The van der Waals surface area contributed by atoms with Crippen LogP contribution in [0.1, 0.15) is 21.7 Å². The van der Waals surface area contributed by atoms with Crippen molar-refractivity contribution in [3.63, 3.8) is 0 Å². The van der Waals surface area contributed by atoms with Crippen LogP contribution in [0.4, 0.5) is 5.82 Å². The van der Waals surface area contributed by atoms with Gasteiger partial charge in [-0.25, -0.2) is 0 Å². The zero-order valence-electron chi connectivity index (χ0n) is 14.1. The average molecular weight is 357 g/mol. The first kappa shape index (κ1) is 17.0. The fraction of sp³-hybridized carbons (Fsp3) is 0.167. The Morgan fingerprint density at radius 3 is 2.72 bits per heavy atom. The molecule has 25 heavy (non-hydrogen) atoms. The summed E-state index contributed by atoms with van der Waals surface area (Å²) < 4.78 is 5.34. The third-order valence-corrected chi connectivity index (χ3v) is 3.98. The predicted octanol–water partition coefficient (Wildman–Crippen LogP) is 4.00. The van der Waals surface area contributed by atoms with Crippen LogP contribution in [0, 0.1) is 13.8 Å². The van der Waals surface area contributed by atoms with Crippen molar-refractivity contribution in [1.82, 2.24) is 15.2 Å². The summed E-state index contributed by atoms with van der Waals surface area (Å²) in [5.74, 6) is 0.799. The molecule has 3 aromatic rings. The normalized spacial score (nSPS) is 10.6. The Morgan fingerprint density at radius 2 is 2.00 bits per heavy atom. The van der Waals surface area contributed by atoms with Crippen molar-refractivity contribution < 1.29 is 9.53 Å². The number of methoxy groups -OCH3 is 1. The highest BCUT2D eigenvalue weighted by Gasteiger charge is 2.14. The second kappa shape index (κ2) is 6.94. The number of hydrogen-bond acceptors (Lipinski definition) is 4. The molecule has 2 aromatic heterocycles. The molecule has 7 heteroatoms. The molecule has 0 atom stereocenters. The number of nitrogens with zero attached hydrogens (tertiary/aromatic N) is 2. The maximum atomic E-state index is 12.4. The summed E-state index contributed by atoms with van der Waals surface area (Å²) >= 11 is 6.06. The van der Waals surface area contributed by atoms with Crippen molar-refractivity contribution >= 4 is 23.3 Å². The quantitative estimate of drug-likeness (QED) is 0.740. The summed E-state index contributed by atoms with van der Waals surface area (Å²) in [6, 6.07) is 10.6. The standard InChI is InChI=1S/C18H17ClN4O2/c1-10-4-6-13(11(2)20-10)18(24)21-17-9-15(22-23-17)14-8-12(19)5-7-16(14)25-3/h4-9H,1-3H3,(H2,21,22,23,24). The molecule has 0 bridgehead atoms. The maximum absolute atomic E-state index is 12.4. The number of rotatable bonds is 4. The molecular weight excluding hydrogens is 340 g/mol. The lowest BCUT2D eigenvalue weighted by Crippen LogP contribution is -2.14. The molecule has 0 saturated heterocycles. The third-order valence-electron chi connectivity index (χ3n) is 3.74. The van der Waals surface area contributed by atoms with Gasteiger partial charge in [0.1, 0.15) is 5.75 Å². The van der Waals surface area contributed by atoms with Crippen molar-refractivity contribution in [1.29, 1.82) is 0 Å². The Morgan fingerprint density at radius 1 is 1.20 bits per heavy atom. The first-order valence-electron chi connectivity index (χ1n) is 7.63. The van der Waals surface area contributed by atoms with Crippen molar-refractivity contribution in [3.8, 4) is 17.0 Å². The largest absolute Gasteiger partial charge is 0.496 e. The molecule has 3 rings (SSSR count). The van der Waals surface area contributed by atoms with E-state index in [1.54, 1.807) is 50.4 Å². The average Bonchev–Trinajstić information content (AvgIpc) is 3.03. The minimum Gasteiger partial charge on any atom is -0.496 e. The first-order valence-corrected chi connectivity index (χ1v) is 8.00. The Bertz CT molecular complexity index is 937. The van der Waals surface area contributed by atoms with Gasteiger partial charge < -0.3 is 10.1 Å². The van der Waals surface area contributed by atoms with E-state index in [1.165, 1.54) is 0 Å². The number of benzene rings is 1. The molecule has 0 saturated carbocycles. The topological polar surface area (TPSA) is 79.9 Å². The maximum Gasteiger partial charge on any atom is 0.258 e. The second-order valence-electron chi connectivity index (χ2n) is 5.55. The van der Waals surface area contributed by atoms with Crippen LogP contribution in [0.2, 0.25) is 5.02 Å². The van der Waals surface area contributed by atoms with Gasteiger partial charge >= 0.3 is 0 Å². The fourth-order valence-corrected chi connectivity index (χ4v) is 2.70. The van der Waals surface area contributed by atoms with E-state index in [2.05, 4.69) is 20.5 Å². The molecule has 0 radical (unpaired) electrons. The van der Waals surface area contributed by atoms with Crippen LogP contribution in [-0.4, -0.2) is 28.2 Å². The number of hydrogen-bond donors (Lipinski definition) is 2. The van der Waals surface area contributed by atoms with Gasteiger partial charge in [-0.1, -0.05) is 11.6 Å². The van der Waals surface area contributed by atoms with E-state index in [0.717, 1.165) is 11.3 Å². The van der Waals surface area contributed by atoms with Crippen LogP contribution < -0.4 is 10.1 Å². The molecule has 0 unspecified atom stereocenters. The molecule has 1 amide bonds. The Hall–Kier alpha value is -2.86. The highest BCUT2D eigenvalue weighted by atomic mass is 35.5. The van der Waals surface area contributed by atoms with E-state index in [-0.39, 0.29) is 5.91 Å². The predicted molar refractivity (Wildman–Crippen MR) is 97.2 cm³/mol. The minimum atomic E-state index is -0.263. The summed E-state index contributed by atoms with van der Waals surface area (Å²) in [4.78, 5) is 16.7. The molecule has 0 spiro atoms. The molecule has 0 aliphatic carbocycles. The number of carbonyl (C=O) groups excluding carboxylic acids is 1. The lowest BCUT2D eigenvalue weighted by atomic mass is 10.1. The highest BCUT2D eigenvalue weighted by Crippen LogP contribution is 2.32. The first-order chi connectivity index (χ1) is 12.0. The molecule has 0 fully saturated rings. The van der Waals surface area contributed by atoms with Crippen LogP contribution in [0.3, 0.4) is 0 Å². The second-order valence-corrected chi connectivity index (χ2v) is 5.99. The zero-order valence-corrected chi connectivity index (χ0v) is 14.8. The van der Waals surface area contributed by atoms with E-state index in [4.69, 9.17) is 16.3 Å². The molecule has 128 valence electrons. The lowest BCUT2D eigenvalue weighted by Gasteiger charge is -2.06. The van der Waals surface area contributed by atoms with Gasteiger partial charge in [0, 0.05) is 22.3 Å². The number of aromatic nitrogens is 3. The molecule has 2 heterocycles. The molecule has 0 aliphatic rings. The Kier molecular flexibility index (Phi) is 4.72. The number of aryl methyl sites for hydroxylation is 2. The van der Waals surface area contributed by atoms with Gasteiger partial charge in [0.05, 0.1) is 24.1 Å². The number of halogens is 1. The van der Waals surface area contributed by atoms with Gasteiger partial charge in [0.2, 0.25) is 0 Å². The van der Waals surface area contributed by atoms with Gasteiger partial charge in [0.15, 0.2) is 5.82 Å².